The van der Waals surface area contributed by atoms with Crippen LogP contribution in [0.2, 0.25) is 0 Å². The van der Waals surface area contributed by atoms with E-state index in [2.05, 4.69) is 20.9 Å². The molecule has 1 aromatic heterocycles. The predicted octanol–water partition coefficient (Wildman–Crippen LogP) is 6.61. The fraction of sp³-hybridized carbons (Fsp3) is 0.211. The molecule has 0 fully saturated rings. The zero-order valence-electron chi connectivity index (χ0n) is 13.8. The first-order valence-electron chi connectivity index (χ1n) is 7.78. The summed E-state index contributed by atoms with van der Waals surface area (Å²) >= 11 is 4.84. The average Bonchev–Trinajstić information content (AvgIpc) is 3.00. The maximum atomic E-state index is 12.7. The molecule has 2 nitrogen and oxygen atoms in total. The third-order valence-corrected chi connectivity index (χ3v) is 5.60. The zero-order valence-corrected chi connectivity index (χ0v) is 16.2. The standard InChI is InChI=1S/C19H15BrF3NOS/c1-12-17(11-25-16-4-2-3-13(9-16)10-20)26-18(24-12)14-5-7-15(8-6-14)19(21,22)23/h2-9H,10-11H2,1H3. The van der Waals surface area contributed by atoms with Crippen molar-refractivity contribution in [1.82, 2.24) is 4.98 Å². The molecule has 0 N–H and O–H groups in total. The van der Waals surface area contributed by atoms with Crippen molar-refractivity contribution in [2.45, 2.75) is 25.0 Å². The van der Waals surface area contributed by atoms with E-state index in [9.17, 15) is 13.2 Å². The van der Waals surface area contributed by atoms with Gasteiger partial charge < -0.3 is 4.74 Å². The maximum Gasteiger partial charge on any atom is 0.416 e. The Labute approximate surface area is 161 Å². The van der Waals surface area contributed by atoms with Crippen molar-refractivity contribution in [1.29, 1.82) is 0 Å². The number of rotatable bonds is 5. The molecule has 0 atom stereocenters. The monoisotopic (exact) mass is 441 g/mol. The highest BCUT2D eigenvalue weighted by Gasteiger charge is 2.30. The molecule has 0 saturated heterocycles. The number of alkyl halides is 4. The van der Waals surface area contributed by atoms with Crippen molar-refractivity contribution in [3.8, 4) is 16.3 Å². The van der Waals surface area contributed by atoms with Crippen LogP contribution in [0.25, 0.3) is 10.6 Å². The molecule has 3 rings (SSSR count). The van der Waals surface area contributed by atoms with E-state index in [-0.39, 0.29) is 0 Å². The highest BCUT2D eigenvalue weighted by Crippen LogP contribution is 2.33. The Morgan fingerprint density at radius 1 is 1.12 bits per heavy atom. The molecule has 136 valence electrons. The Morgan fingerprint density at radius 3 is 2.50 bits per heavy atom. The van der Waals surface area contributed by atoms with Crippen LogP contribution in [0, 0.1) is 6.92 Å². The first kappa shape index (κ1) is 18.9. The number of hydrogen-bond acceptors (Lipinski definition) is 3. The molecule has 0 aliphatic heterocycles. The lowest BCUT2D eigenvalue weighted by Crippen LogP contribution is -2.03. The van der Waals surface area contributed by atoms with E-state index in [0.717, 1.165) is 39.3 Å². The average molecular weight is 442 g/mol. The lowest BCUT2D eigenvalue weighted by molar-refractivity contribution is -0.137. The molecule has 0 aliphatic carbocycles. The predicted molar refractivity (Wildman–Crippen MR) is 101 cm³/mol. The lowest BCUT2D eigenvalue weighted by Gasteiger charge is -2.06. The van der Waals surface area contributed by atoms with Crippen molar-refractivity contribution < 1.29 is 17.9 Å². The smallest absolute Gasteiger partial charge is 0.416 e. The minimum atomic E-state index is -4.33. The van der Waals surface area contributed by atoms with Gasteiger partial charge in [0.25, 0.3) is 0 Å². The summed E-state index contributed by atoms with van der Waals surface area (Å²) < 4.78 is 43.8. The van der Waals surface area contributed by atoms with Gasteiger partial charge in [0.05, 0.1) is 16.1 Å². The van der Waals surface area contributed by atoms with Gasteiger partial charge in [-0.1, -0.05) is 40.2 Å². The van der Waals surface area contributed by atoms with Crippen LogP contribution in [0.3, 0.4) is 0 Å². The van der Waals surface area contributed by atoms with Crippen LogP contribution < -0.4 is 4.74 Å². The molecule has 3 aromatic rings. The second-order valence-electron chi connectivity index (χ2n) is 5.67. The molecule has 0 bridgehead atoms. The maximum absolute atomic E-state index is 12.7. The Bertz CT molecular complexity index is 891. The van der Waals surface area contributed by atoms with Crippen LogP contribution in [0.5, 0.6) is 5.75 Å². The van der Waals surface area contributed by atoms with Crippen LogP contribution >= 0.6 is 27.3 Å². The second kappa shape index (κ2) is 7.80. The number of nitrogens with zero attached hydrogens (tertiary/aromatic N) is 1. The van der Waals surface area contributed by atoms with Crippen LogP contribution in [-0.4, -0.2) is 4.98 Å². The molecule has 1 heterocycles. The summed E-state index contributed by atoms with van der Waals surface area (Å²) in [5, 5.41) is 1.44. The number of hydrogen-bond donors (Lipinski definition) is 0. The summed E-state index contributed by atoms with van der Waals surface area (Å²) in [5.41, 5.74) is 1.94. The Balaban J connectivity index is 1.74. The van der Waals surface area contributed by atoms with Gasteiger partial charge in [-0.2, -0.15) is 13.2 Å². The van der Waals surface area contributed by atoms with Crippen molar-refractivity contribution in [3.05, 3.63) is 70.2 Å². The van der Waals surface area contributed by atoms with E-state index in [1.165, 1.54) is 23.5 Å². The molecule has 2 aromatic carbocycles. The summed E-state index contributed by atoms with van der Waals surface area (Å²) in [6.07, 6.45) is -4.33. The van der Waals surface area contributed by atoms with Gasteiger partial charge in [0.2, 0.25) is 0 Å². The SMILES string of the molecule is Cc1nc(-c2ccc(C(F)(F)F)cc2)sc1COc1cccc(CBr)c1. The highest BCUT2D eigenvalue weighted by molar-refractivity contribution is 9.08. The summed E-state index contributed by atoms with van der Waals surface area (Å²) in [4.78, 5) is 5.42. The fourth-order valence-electron chi connectivity index (χ4n) is 2.35. The van der Waals surface area contributed by atoms with Gasteiger partial charge in [-0.3, -0.25) is 0 Å². The third kappa shape index (κ3) is 4.45. The number of ether oxygens (including phenoxy) is 1. The van der Waals surface area contributed by atoms with E-state index in [1.54, 1.807) is 0 Å². The quantitative estimate of drug-likeness (QED) is 0.415. The Hall–Kier alpha value is -1.86. The van der Waals surface area contributed by atoms with Crippen LogP contribution in [-0.2, 0) is 18.1 Å². The van der Waals surface area contributed by atoms with Gasteiger partial charge in [-0.15, -0.1) is 11.3 Å². The van der Waals surface area contributed by atoms with Gasteiger partial charge in [0, 0.05) is 10.9 Å². The third-order valence-electron chi connectivity index (χ3n) is 3.77. The van der Waals surface area contributed by atoms with E-state index in [4.69, 9.17) is 4.74 Å². The van der Waals surface area contributed by atoms with E-state index in [0.29, 0.717) is 17.2 Å². The number of thiazole rings is 1. The van der Waals surface area contributed by atoms with Crippen LogP contribution in [0.4, 0.5) is 13.2 Å². The molecule has 0 amide bonds. The van der Waals surface area contributed by atoms with Gasteiger partial charge in [0.1, 0.15) is 17.4 Å². The molecule has 0 spiro atoms. The van der Waals surface area contributed by atoms with E-state index >= 15 is 0 Å². The highest BCUT2D eigenvalue weighted by atomic mass is 79.9. The number of aromatic nitrogens is 1. The first-order chi connectivity index (χ1) is 12.4. The van der Waals surface area contributed by atoms with E-state index in [1.807, 2.05) is 31.2 Å². The molecular weight excluding hydrogens is 427 g/mol. The van der Waals surface area contributed by atoms with Gasteiger partial charge >= 0.3 is 6.18 Å². The van der Waals surface area contributed by atoms with Crippen molar-refractivity contribution in [3.63, 3.8) is 0 Å². The van der Waals surface area contributed by atoms with Crippen LogP contribution in [0.1, 0.15) is 21.7 Å². The molecular formula is C19H15BrF3NOS. The topological polar surface area (TPSA) is 22.1 Å². The second-order valence-corrected chi connectivity index (χ2v) is 7.32. The molecule has 0 unspecified atom stereocenters. The zero-order chi connectivity index (χ0) is 18.7. The normalized spacial score (nSPS) is 11.6. The summed E-state index contributed by atoms with van der Waals surface area (Å²) in [6, 6.07) is 12.8. The first-order valence-corrected chi connectivity index (χ1v) is 9.72. The number of halogens is 4. The minimum Gasteiger partial charge on any atom is -0.488 e. The lowest BCUT2D eigenvalue weighted by atomic mass is 10.1. The molecule has 7 heteroatoms. The molecule has 0 aliphatic rings. The number of aryl methyl sites for hydroxylation is 1. The molecule has 0 radical (unpaired) electrons. The van der Waals surface area contributed by atoms with Crippen molar-refractivity contribution in [2.75, 3.05) is 0 Å². The molecule has 0 saturated carbocycles. The summed E-state index contributed by atoms with van der Waals surface area (Å²) in [5.74, 6) is 0.769. The Kier molecular flexibility index (Phi) is 5.67. The summed E-state index contributed by atoms with van der Waals surface area (Å²) in [6.45, 7) is 2.24. The van der Waals surface area contributed by atoms with Gasteiger partial charge in [-0.05, 0) is 36.8 Å². The van der Waals surface area contributed by atoms with Gasteiger partial charge in [0.15, 0.2) is 0 Å². The van der Waals surface area contributed by atoms with E-state index < -0.39 is 11.7 Å². The van der Waals surface area contributed by atoms with Gasteiger partial charge in [-0.25, -0.2) is 4.98 Å². The Morgan fingerprint density at radius 2 is 1.85 bits per heavy atom. The van der Waals surface area contributed by atoms with Crippen LogP contribution in [0.15, 0.2) is 48.5 Å². The largest absolute Gasteiger partial charge is 0.488 e. The molecule has 26 heavy (non-hydrogen) atoms. The van der Waals surface area contributed by atoms with Crippen molar-refractivity contribution in [2.24, 2.45) is 0 Å². The number of benzene rings is 2. The fourth-order valence-corrected chi connectivity index (χ4v) is 3.68. The summed E-state index contributed by atoms with van der Waals surface area (Å²) in [7, 11) is 0. The van der Waals surface area contributed by atoms with Crippen molar-refractivity contribution >= 4 is 27.3 Å². The minimum absolute atomic E-state index is 0.371.